The molecule has 0 atom stereocenters. The highest BCUT2D eigenvalue weighted by Gasteiger charge is 2.09. The Balaban J connectivity index is 2.08. The third-order valence-corrected chi connectivity index (χ3v) is 2.70. The van der Waals surface area contributed by atoms with Crippen LogP contribution < -0.4 is 0 Å². The van der Waals surface area contributed by atoms with Crippen molar-refractivity contribution >= 4 is 5.78 Å². The number of aromatic nitrogens is 3. The van der Waals surface area contributed by atoms with Gasteiger partial charge in [-0.25, -0.2) is 4.98 Å². The van der Waals surface area contributed by atoms with Crippen molar-refractivity contribution in [2.45, 2.75) is 26.7 Å². The molecule has 2 aromatic rings. The Labute approximate surface area is 106 Å². The zero-order chi connectivity index (χ0) is 13.0. The predicted octanol–water partition coefficient (Wildman–Crippen LogP) is 2.17. The lowest BCUT2D eigenvalue weighted by atomic mass is 10.1. The number of rotatable bonds is 4. The lowest BCUT2D eigenvalue weighted by Gasteiger charge is -2.01. The molecule has 0 spiro atoms. The zero-order valence-electron chi connectivity index (χ0n) is 10.6. The van der Waals surface area contributed by atoms with Crippen molar-refractivity contribution in [3.05, 3.63) is 53.4 Å². The molecular weight excluding hydrogens is 226 g/mol. The van der Waals surface area contributed by atoms with E-state index in [1.165, 1.54) is 11.8 Å². The van der Waals surface area contributed by atoms with E-state index in [1.54, 1.807) is 6.20 Å². The van der Waals surface area contributed by atoms with Gasteiger partial charge < -0.3 is 0 Å². The van der Waals surface area contributed by atoms with Gasteiger partial charge in [0, 0.05) is 18.1 Å². The van der Waals surface area contributed by atoms with Gasteiger partial charge in [-0.15, -0.1) is 0 Å². The quantitative estimate of drug-likeness (QED) is 0.770. The van der Waals surface area contributed by atoms with E-state index in [0.717, 1.165) is 17.8 Å². The molecule has 2 aromatic heterocycles. The Kier molecular flexibility index (Phi) is 3.77. The topological polar surface area (TPSA) is 55.7 Å². The van der Waals surface area contributed by atoms with Crippen molar-refractivity contribution in [3.63, 3.8) is 0 Å². The number of aryl methyl sites for hydroxylation is 2. The molecule has 0 saturated heterocycles. The first kappa shape index (κ1) is 12.4. The minimum absolute atomic E-state index is 0.0563. The summed E-state index contributed by atoms with van der Waals surface area (Å²) in [6.45, 7) is 3.91. The number of hydrogen-bond acceptors (Lipinski definition) is 4. The van der Waals surface area contributed by atoms with Crippen molar-refractivity contribution in [2.75, 3.05) is 0 Å². The minimum Gasteiger partial charge on any atom is -0.292 e. The number of carbonyl (C=O) groups excluding carboxylic acids is 1. The van der Waals surface area contributed by atoms with E-state index in [9.17, 15) is 4.79 Å². The normalized spacial score (nSPS) is 10.3. The maximum absolute atomic E-state index is 11.9. The minimum atomic E-state index is -0.0563. The summed E-state index contributed by atoms with van der Waals surface area (Å²) in [5.74, 6) is -0.0563. The Morgan fingerprint density at radius 1 is 1.11 bits per heavy atom. The molecule has 0 fully saturated rings. The van der Waals surface area contributed by atoms with E-state index >= 15 is 0 Å². The molecule has 0 unspecified atom stereocenters. The standard InChI is InChI=1S/C14H15N3O/c1-3-11-4-5-12(16-8-11)6-14(18)13-9-15-10(2)7-17-13/h4-5,7-9H,3,6H2,1-2H3. The third kappa shape index (κ3) is 2.97. The number of ketones is 1. The van der Waals surface area contributed by atoms with Gasteiger partial charge in [0.25, 0.3) is 0 Å². The highest BCUT2D eigenvalue weighted by Crippen LogP contribution is 2.05. The Morgan fingerprint density at radius 2 is 1.94 bits per heavy atom. The zero-order valence-corrected chi connectivity index (χ0v) is 10.6. The van der Waals surface area contributed by atoms with Crippen LogP contribution in [0.5, 0.6) is 0 Å². The van der Waals surface area contributed by atoms with Gasteiger partial charge in [-0.1, -0.05) is 13.0 Å². The molecule has 0 aliphatic heterocycles. The molecule has 0 amide bonds. The summed E-state index contributed by atoms with van der Waals surface area (Å²) in [6, 6.07) is 3.88. The molecule has 92 valence electrons. The van der Waals surface area contributed by atoms with Crippen LogP contribution in [0.15, 0.2) is 30.7 Å². The smallest absolute Gasteiger partial charge is 0.188 e. The van der Waals surface area contributed by atoms with Gasteiger partial charge in [0.2, 0.25) is 0 Å². The third-order valence-electron chi connectivity index (χ3n) is 2.70. The first-order valence-corrected chi connectivity index (χ1v) is 5.94. The summed E-state index contributed by atoms with van der Waals surface area (Å²) in [4.78, 5) is 24.3. The Bertz CT molecular complexity index is 532. The first-order valence-electron chi connectivity index (χ1n) is 5.94. The Hall–Kier alpha value is -2.10. The van der Waals surface area contributed by atoms with E-state index in [4.69, 9.17) is 0 Å². The summed E-state index contributed by atoms with van der Waals surface area (Å²) in [6.07, 6.45) is 6.13. The lowest BCUT2D eigenvalue weighted by Crippen LogP contribution is -2.08. The molecule has 2 heterocycles. The lowest BCUT2D eigenvalue weighted by molar-refractivity contribution is 0.0987. The van der Waals surface area contributed by atoms with Crippen LogP contribution in [0.25, 0.3) is 0 Å². The van der Waals surface area contributed by atoms with Crippen LogP contribution >= 0.6 is 0 Å². The second-order valence-electron chi connectivity index (χ2n) is 4.15. The average Bonchev–Trinajstić information content (AvgIpc) is 2.40. The summed E-state index contributed by atoms with van der Waals surface area (Å²) in [5, 5.41) is 0. The number of hydrogen-bond donors (Lipinski definition) is 0. The van der Waals surface area contributed by atoms with Crippen molar-refractivity contribution in [1.29, 1.82) is 0 Å². The summed E-state index contributed by atoms with van der Waals surface area (Å²) in [7, 11) is 0. The molecule has 0 bridgehead atoms. The molecule has 0 N–H and O–H groups in total. The molecule has 18 heavy (non-hydrogen) atoms. The van der Waals surface area contributed by atoms with Crippen LogP contribution in [0.3, 0.4) is 0 Å². The average molecular weight is 241 g/mol. The summed E-state index contributed by atoms with van der Waals surface area (Å²) in [5.41, 5.74) is 3.12. The van der Waals surface area contributed by atoms with Gasteiger partial charge >= 0.3 is 0 Å². The maximum Gasteiger partial charge on any atom is 0.188 e. The second kappa shape index (κ2) is 5.49. The van der Waals surface area contributed by atoms with Gasteiger partial charge in [0.05, 0.1) is 18.3 Å². The van der Waals surface area contributed by atoms with Crippen molar-refractivity contribution in [3.8, 4) is 0 Å². The fraction of sp³-hybridized carbons (Fsp3) is 0.286. The molecule has 0 aromatic carbocycles. The van der Waals surface area contributed by atoms with Crippen molar-refractivity contribution in [1.82, 2.24) is 15.0 Å². The number of carbonyl (C=O) groups is 1. The fourth-order valence-corrected chi connectivity index (χ4v) is 1.56. The van der Waals surface area contributed by atoms with Crippen LogP contribution in [-0.4, -0.2) is 20.7 Å². The monoisotopic (exact) mass is 241 g/mol. The van der Waals surface area contributed by atoms with E-state index in [0.29, 0.717) is 5.69 Å². The highest BCUT2D eigenvalue weighted by atomic mass is 16.1. The van der Waals surface area contributed by atoms with Gasteiger partial charge in [-0.05, 0) is 25.0 Å². The van der Waals surface area contributed by atoms with Crippen LogP contribution in [-0.2, 0) is 12.8 Å². The van der Waals surface area contributed by atoms with E-state index < -0.39 is 0 Å². The molecule has 2 rings (SSSR count). The molecular formula is C14H15N3O. The van der Waals surface area contributed by atoms with E-state index in [2.05, 4.69) is 21.9 Å². The van der Waals surface area contributed by atoms with Crippen LogP contribution in [0, 0.1) is 6.92 Å². The number of pyridine rings is 1. The second-order valence-corrected chi connectivity index (χ2v) is 4.15. The number of Topliss-reactive ketones (excluding diaryl/α,β-unsaturated/α-hetero) is 1. The Morgan fingerprint density at radius 3 is 2.50 bits per heavy atom. The molecule has 0 saturated carbocycles. The summed E-state index contributed by atoms with van der Waals surface area (Å²) < 4.78 is 0. The first-order chi connectivity index (χ1) is 8.69. The van der Waals surface area contributed by atoms with Crippen molar-refractivity contribution < 1.29 is 4.79 Å². The molecule has 0 aliphatic rings. The van der Waals surface area contributed by atoms with E-state index in [-0.39, 0.29) is 12.2 Å². The largest absolute Gasteiger partial charge is 0.292 e. The molecule has 4 nitrogen and oxygen atoms in total. The molecule has 0 radical (unpaired) electrons. The van der Waals surface area contributed by atoms with Gasteiger partial charge in [0.1, 0.15) is 5.69 Å². The fourth-order valence-electron chi connectivity index (χ4n) is 1.56. The van der Waals surface area contributed by atoms with Crippen LogP contribution in [0.4, 0.5) is 0 Å². The van der Waals surface area contributed by atoms with Gasteiger partial charge in [-0.3, -0.25) is 14.8 Å². The predicted molar refractivity (Wildman–Crippen MR) is 68.4 cm³/mol. The van der Waals surface area contributed by atoms with Gasteiger partial charge in [-0.2, -0.15) is 0 Å². The van der Waals surface area contributed by atoms with Crippen LogP contribution in [0.2, 0.25) is 0 Å². The van der Waals surface area contributed by atoms with Gasteiger partial charge in [0.15, 0.2) is 5.78 Å². The highest BCUT2D eigenvalue weighted by molar-refractivity contribution is 5.95. The molecule has 4 heteroatoms. The number of nitrogens with zero attached hydrogens (tertiary/aromatic N) is 3. The molecule has 0 aliphatic carbocycles. The van der Waals surface area contributed by atoms with Crippen molar-refractivity contribution in [2.24, 2.45) is 0 Å². The maximum atomic E-state index is 11.9. The van der Waals surface area contributed by atoms with Crippen LogP contribution in [0.1, 0.15) is 34.4 Å². The van der Waals surface area contributed by atoms with E-state index in [1.807, 2.05) is 25.3 Å². The SMILES string of the molecule is CCc1ccc(CC(=O)c2cnc(C)cn2)nc1. The summed E-state index contributed by atoms with van der Waals surface area (Å²) >= 11 is 0.